The number of benzene rings is 1. The normalized spacial score (nSPS) is 10.2. The molecule has 0 atom stereocenters. The smallest absolute Gasteiger partial charge is 0.248 e. The molecule has 0 saturated carbocycles. The lowest BCUT2D eigenvalue weighted by Crippen LogP contribution is -2.12. The molecule has 3 N–H and O–H groups in total. The van der Waals surface area contributed by atoms with E-state index in [1.165, 1.54) is 18.2 Å². The van der Waals surface area contributed by atoms with E-state index >= 15 is 0 Å². The maximum atomic E-state index is 13.5. The Kier molecular flexibility index (Phi) is 3.39. The Morgan fingerprint density at radius 2 is 2.24 bits per heavy atom. The van der Waals surface area contributed by atoms with Crippen LogP contribution in [0.4, 0.5) is 10.1 Å². The number of amides is 1. The molecule has 0 saturated heterocycles. The van der Waals surface area contributed by atoms with Crippen molar-refractivity contribution in [2.75, 3.05) is 5.32 Å². The lowest BCUT2D eigenvalue weighted by molar-refractivity contribution is 0.1000. The fraction of sp³-hybridized carbons (Fsp3) is 0.0833. The summed E-state index contributed by atoms with van der Waals surface area (Å²) in [6.07, 6.45) is 0. The highest BCUT2D eigenvalue weighted by molar-refractivity contribution is 7.08. The van der Waals surface area contributed by atoms with Gasteiger partial charge >= 0.3 is 0 Å². The minimum atomic E-state index is -0.554. The van der Waals surface area contributed by atoms with Crippen molar-refractivity contribution in [3.63, 3.8) is 0 Å². The summed E-state index contributed by atoms with van der Waals surface area (Å²) >= 11 is 1.56. The van der Waals surface area contributed by atoms with E-state index in [-0.39, 0.29) is 5.82 Å². The van der Waals surface area contributed by atoms with Gasteiger partial charge in [0, 0.05) is 28.7 Å². The van der Waals surface area contributed by atoms with E-state index in [1.54, 1.807) is 11.3 Å². The van der Waals surface area contributed by atoms with Crippen molar-refractivity contribution in [3.05, 3.63) is 52.0 Å². The molecule has 2 aromatic rings. The van der Waals surface area contributed by atoms with Gasteiger partial charge in [0.05, 0.1) is 0 Å². The Labute approximate surface area is 102 Å². The van der Waals surface area contributed by atoms with E-state index in [1.807, 2.05) is 16.8 Å². The average Bonchev–Trinajstić information content (AvgIpc) is 2.80. The summed E-state index contributed by atoms with van der Waals surface area (Å²) in [6, 6.07) is 6.01. The molecule has 17 heavy (non-hydrogen) atoms. The predicted octanol–water partition coefficient (Wildman–Crippen LogP) is 2.60. The minimum absolute atomic E-state index is 0.313. The van der Waals surface area contributed by atoms with Gasteiger partial charge < -0.3 is 11.1 Å². The van der Waals surface area contributed by atoms with Gasteiger partial charge in [-0.2, -0.15) is 11.3 Å². The van der Waals surface area contributed by atoms with Gasteiger partial charge in [0.25, 0.3) is 0 Å². The first-order valence-corrected chi connectivity index (χ1v) is 5.95. The van der Waals surface area contributed by atoms with Crippen LogP contribution in [0.1, 0.15) is 15.9 Å². The zero-order valence-corrected chi connectivity index (χ0v) is 9.76. The van der Waals surface area contributed by atoms with Gasteiger partial charge in [0.2, 0.25) is 5.91 Å². The molecule has 5 heteroatoms. The van der Waals surface area contributed by atoms with E-state index in [4.69, 9.17) is 5.73 Å². The van der Waals surface area contributed by atoms with Gasteiger partial charge in [-0.25, -0.2) is 4.39 Å². The number of thiophene rings is 1. The fourth-order valence-electron chi connectivity index (χ4n) is 1.43. The van der Waals surface area contributed by atoms with Crippen LogP contribution in [-0.2, 0) is 6.54 Å². The number of anilines is 1. The maximum Gasteiger partial charge on any atom is 0.248 e. The number of nitrogens with one attached hydrogen (secondary N) is 1. The van der Waals surface area contributed by atoms with Crippen molar-refractivity contribution in [3.8, 4) is 0 Å². The second kappa shape index (κ2) is 4.97. The molecule has 2 rings (SSSR count). The minimum Gasteiger partial charge on any atom is -0.380 e. The fourth-order valence-corrected chi connectivity index (χ4v) is 2.04. The molecule has 0 aliphatic heterocycles. The number of hydrogen-bond donors (Lipinski definition) is 2. The summed E-state index contributed by atoms with van der Waals surface area (Å²) in [5.41, 5.74) is 6.81. The topological polar surface area (TPSA) is 55.1 Å². The molecular formula is C12H11FN2OS. The Morgan fingerprint density at radius 3 is 2.88 bits per heavy atom. The highest BCUT2D eigenvalue weighted by atomic mass is 32.1. The molecule has 88 valence electrons. The van der Waals surface area contributed by atoms with E-state index in [0.29, 0.717) is 17.7 Å². The number of carbonyl (C=O) groups excluding carboxylic acids is 1. The standard InChI is InChI=1S/C12H11FN2OS/c13-11-2-1-8(12(14)16)5-9(11)6-15-10-3-4-17-7-10/h1-5,7,15H,6H2,(H2,14,16). The molecule has 0 bridgehead atoms. The predicted molar refractivity (Wildman–Crippen MR) is 66.6 cm³/mol. The molecule has 0 unspecified atom stereocenters. The van der Waals surface area contributed by atoms with Gasteiger partial charge in [-0.05, 0) is 29.6 Å². The van der Waals surface area contributed by atoms with Crippen LogP contribution < -0.4 is 11.1 Å². The Hall–Kier alpha value is -1.88. The van der Waals surface area contributed by atoms with E-state index < -0.39 is 5.91 Å². The molecule has 1 aromatic heterocycles. The number of halogens is 1. The summed E-state index contributed by atoms with van der Waals surface area (Å²) in [5.74, 6) is -0.903. The summed E-state index contributed by atoms with van der Waals surface area (Å²) in [6.45, 7) is 0.323. The molecule has 0 radical (unpaired) electrons. The van der Waals surface area contributed by atoms with Crippen molar-refractivity contribution in [1.29, 1.82) is 0 Å². The van der Waals surface area contributed by atoms with Gasteiger partial charge in [0.1, 0.15) is 5.82 Å². The largest absolute Gasteiger partial charge is 0.380 e. The van der Waals surface area contributed by atoms with Crippen LogP contribution >= 0.6 is 11.3 Å². The second-order valence-corrected chi connectivity index (χ2v) is 4.32. The molecule has 1 amide bonds. The maximum absolute atomic E-state index is 13.5. The van der Waals surface area contributed by atoms with Gasteiger partial charge in [-0.1, -0.05) is 0 Å². The number of nitrogens with two attached hydrogens (primary N) is 1. The Bertz CT molecular complexity index is 525. The molecule has 0 spiro atoms. The zero-order valence-electron chi connectivity index (χ0n) is 8.94. The molecule has 0 fully saturated rings. The third kappa shape index (κ3) is 2.82. The highest BCUT2D eigenvalue weighted by Crippen LogP contribution is 2.15. The van der Waals surface area contributed by atoms with E-state index in [9.17, 15) is 9.18 Å². The van der Waals surface area contributed by atoms with Crippen LogP contribution in [0.3, 0.4) is 0 Å². The van der Waals surface area contributed by atoms with Crippen LogP contribution in [0.15, 0.2) is 35.0 Å². The molecule has 3 nitrogen and oxygen atoms in total. The Balaban J connectivity index is 2.14. The first-order valence-electron chi connectivity index (χ1n) is 5.01. The number of hydrogen-bond acceptors (Lipinski definition) is 3. The summed E-state index contributed by atoms with van der Waals surface area (Å²) in [7, 11) is 0. The van der Waals surface area contributed by atoms with Crippen molar-refractivity contribution < 1.29 is 9.18 Å². The molecule has 1 heterocycles. The molecule has 0 aliphatic rings. The quantitative estimate of drug-likeness (QED) is 0.876. The van der Waals surface area contributed by atoms with Gasteiger partial charge in [0.15, 0.2) is 0 Å². The van der Waals surface area contributed by atoms with Crippen LogP contribution in [0.5, 0.6) is 0 Å². The van der Waals surface area contributed by atoms with Crippen LogP contribution in [0.2, 0.25) is 0 Å². The van der Waals surface area contributed by atoms with Gasteiger partial charge in [-0.15, -0.1) is 0 Å². The third-order valence-corrected chi connectivity index (χ3v) is 3.02. The van der Waals surface area contributed by atoms with Gasteiger partial charge in [-0.3, -0.25) is 4.79 Å². The van der Waals surface area contributed by atoms with Crippen LogP contribution in [0, 0.1) is 5.82 Å². The van der Waals surface area contributed by atoms with E-state index in [0.717, 1.165) is 5.69 Å². The number of rotatable bonds is 4. The number of primary amides is 1. The second-order valence-electron chi connectivity index (χ2n) is 3.54. The third-order valence-electron chi connectivity index (χ3n) is 2.33. The van der Waals surface area contributed by atoms with Crippen molar-refractivity contribution in [2.24, 2.45) is 5.73 Å². The molecule has 1 aromatic carbocycles. The van der Waals surface area contributed by atoms with Crippen molar-refractivity contribution >= 4 is 22.9 Å². The highest BCUT2D eigenvalue weighted by Gasteiger charge is 2.06. The van der Waals surface area contributed by atoms with Crippen LogP contribution in [-0.4, -0.2) is 5.91 Å². The lowest BCUT2D eigenvalue weighted by Gasteiger charge is -2.06. The first kappa shape index (κ1) is 11.6. The number of carbonyl (C=O) groups is 1. The summed E-state index contributed by atoms with van der Waals surface area (Å²) < 4.78 is 13.5. The van der Waals surface area contributed by atoms with Crippen molar-refractivity contribution in [2.45, 2.75) is 6.54 Å². The van der Waals surface area contributed by atoms with E-state index in [2.05, 4.69) is 5.32 Å². The molecular weight excluding hydrogens is 239 g/mol. The lowest BCUT2D eigenvalue weighted by atomic mass is 10.1. The summed E-state index contributed by atoms with van der Waals surface area (Å²) in [4.78, 5) is 11.0. The van der Waals surface area contributed by atoms with Crippen molar-refractivity contribution in [1.82, 2.24) is 0 Å². The average molecular weight is 250 g/mol. The summed E-state index contributed by atoms with van der Waals surface area (Å²) in [5, 5.41) is 6.92. The first-order chi connectivity index (χ1) is 8.16. The monoisotopic (exact) mass is 250 g/mol. The Morgan fingerprint density at radius 1 is 1.41 bits per heavy atom. The van der Waals surface area contributed by atoms with Crippen LogP contribution in [0.25, 0.3) is 0 Å². The zero-order chi connectivity index (χ0) is 12.3. The SMILES string of the molecule is NC(=O)c1ccc(F)c(CNc2ccsc2)c1. The molecule has 0 aliphatic carbocycles.